The fraction of sp³-hybridized carbons (Fsp3) is 0.667. The maximum Gasteiger partial charge on any atom is 0.194 e. The zero-order valence-corrected chi connectivity index (χ0v) is 17.5. The van der Waals surface area contributed by atoms with Crippen LogP contribution in [0, 0.1) is 0 Å². The monoisotopic (exact) mass is 390 g/mol. The molecule has 0 saturated carbocycles. The van der Waals surface area contributed by atoms with E-state index in [9.17, 15) is 5.11 Å². The highest BCUT2D eigenvalue weighted by Crippen LogP contribution is 2.28. The van der Waals surface area contributed by atoms with Crippen LogP contribution in [0.15, 0.2) is 35.3 Å². The van der Waals surface area contributed by atoms with Gasteiger partial charge in [0.2, 0.25) is 0 Å². The Kier molecular flexibility index (Phi) is 7.44. The van der Waals surface area contributed by atoms with E-state index in [-0.39, 0.29) is 0 Å². The van der Waals surface area contributed by atoms with E-state index >= 15 is 0 Å². The smallest absolute Gasteiger partial charge is 0.194 e. The van der Waals surface area contributed by atoms with Gasteiger partial charge in [-0.05, 0) is 31.1 Å². The van der Waals surface area contributed by atoms with E-state index in [4.69, 9.17) is 4.99 Å². The van der Waals surface area contributed by atoms with Crippen molar-refractivity contribution in [1.82, 2.24) is 15.1 Å². The molecule has 0 amide bonds. The van der Waals surface area contributed by atoms with Gasteiger partial charge in [-0.1, -0.05) is 37.3 Å². The number of rotatable bonds is 6. The van der Waals surface area contributed by atoms with Crippen molar-refractivity contribution in [2.45, 2.75) is 38.3 Å². The summed E-state index contributed by atoms with van der Waals surface area (Å²) in [5.74, 6) is 2.80. The Morgan fingerprint density at radius 2 is 1.96 bits per heavy atom. The first-order chi connectivity index (χ1) is 13.1. The van der Waals surface area contributed by atoms with E-state index < -0.39 is 5.60 Å². The molecule has 0 radical (unpaired) electrons. The van der Waals surface area contributed by atoms with E-state index in [1.54, 1.807) is 0 Å². The summed E-state index contributed by atoms with van der Waals surface area (Å²) in [6, 6.07) is 11.3. The third-order valence-electron chi connectivity index (χ3n) is 5.57. The number of hydrogen-bond acceptors (Lipinski definition) is 4. The van der Waals surface area contributed by atoms with Crippen LogP contribution in [-0.2, 0) is 0 Å². The van der Waals surface area contributed by atoms with Gasteiger partial charge in [0.1, 0.15) is 0 Å². The second-order valence-electron chi connectivity index (χ2n) is 7.55. The Balaban J connectivity index is 1.60. The van der Waals surface area contributed by atoms with Crippen LogP contribution in [-0.4, -0.2) is 77.2 Å². The molecule has 2 aliphatic rings. The molecule has 6 heteroatoms. The zero-order valence-electron chi connectivity index (χ0n) is 16.7. The number of thioether (sulfide) groups is 1. The van der Waals surface area contributed by atoms with Gasteiger partial charge in [0.05, 0.1) is 12.1 Å². The molecule has 2 saturated heterocycles. The van der Waals surface area contributed by atoms with Crippen molar-refractivity contribution in [3.8, 4) is 0 Å². The van der Waals surface area contributed by atoms with Crippen molar-refractivity contribution in [3.05, 3.63) is 35.9 Å². The largest absolute Gasteiger partial charge is 0.387 e. The average molecular weight is 391 g/mol. The molecule has 1 aromatic rings. The summed E-state index contributed by atoms with van der Waals surface area (Å²) in [5, 5.41) is 14.0. The second kappa shape index (κ2) is 9.80. The number of guanidine groups is 1. The highest BCUT2D eigenvalue weighted by molar-refractivity contribution is 7.99. The van der Waals surface area contributed by atoms with Crippen LogP contribution >= 0.6 is 11.8 Å². The van der Waals surface area contributed by atoms with Gasteiger partial charge in [0, 0.05) is 44.5 Å². The average Bonchev–Trinajstić information content (AvgIpc) is 3.14. The lowest BCUT2D eigenvalue weighted by Gasteiger charge is -2.40. The predicted octanol–water partition coefficient (Wildman–Crippen LogP) is 2.59. The van der Waals surface area contributed by atoms with Gasteiger partial charge in [0.25, 0.3) is 0 Å². The first-order valence-corrected chi connectivity index (χ1v) is 11.4. The normalized spacial score (nSPS) is 25.6. The van der Waals surface area contributed by atoms with E-state index in [0.717, 1.165) is 63.0 Å². The zero-order chi connectivity index (χ0) is 19.1. The van der Waals surface area contributed by atoms with Crippen molar-refractivity contribution in [2.24, 2.45) is 4.99 Å². The highest BCUT2D eigenvalue weighted by atomic mass is 32.2. The van der Waals surface area contributed by atoms with Crippen molar-refractivity contribution < 1.29 is 5.11 Å². The molecule has 2 atom stereocenters. The Morgan fingerprint density at radius 1 is 1.22 bits per heavy atom. The topological polar surface area (TPSA) is 51.1 Å². The molecule has 27 heavy (non-hydrogen) atoms. The first kappa shape index (κ1) is 20.5. The van der Waals surface area contributed by atoms with Crippen molar-refractivity contribution in [2.75, 3.05) is 50.8 Å². The molecule has 2 N–H and O–H groups in total. The summed E-state index contributed by atoms with van der Waals surface area (Å²) in [6.07, 6.45) is 1.98. The predicted molar refractivity (Wildman–Crippen MR) is 115 cm³/mol. The number of nitrogens with zero attached hydrogens (tertiary/aromatic N) is 3. The lowest BCUT2D eigenvalue weighted by molar-refractivity contribution is 0.0770. The summed E-state index contributed by atoms with van der Waals surface area (Å²) in [5.41, 5.74) is 0.795. The maximum atomic E-state index is 10.6. The van der Waals surface area contributed by atoms with Gasteiger partial charge in [-0.25, -0.2) is 0 Å². The molecular formula is C21H34N4OS. The third kappa shape index (κ3) is 5.39. The Labute approximate surface area is 168 Å². The minimum absolute atomic E-state index is 0.490. The van der Waals surface area contributed by atoms with Gasteiger partial charge in [-0.3, -0.25) is 9.89 Å². The molecule has 3 rings (SSSR count). The molecule has 2 unspecified atom stereocenters. The van der Waals surface area contributed by atoms with Crippen LogP contribution in [0.4, 0.5) is 0 Å². The molecule has 2 heterocycles. The third-order valence-corrected chi connectivity index (χ3v) is 6.80. The van der Waals surface area contributed by atoms with Crippen LogP contribution in [0.25, 0.3) is 0 Å². The van der Waals surface area contributed by atoms with Gasteiger partial charge < -0.3 is 15.3 Å². The molecule has 2 fully saturated rings. The first-order valence-electron chi connectivity index (χ1n) is 10.3. The van der Waals surface area contributed by atoms with Crippen LogP contribution in [0.3, 0.4) is 0 Å². The van der Waals surface area contributed by atoms with Crippen LogP contribution in [0.2, 0.25) is 0 Å². The molecule has 0 aromatic heterocycles. The maximum absolute atomic E-state index is 10.6. The standard InChI is InChI=1S/C21H34N4OS/c1-3-19(18-8-6-5-7-9-18)24-11-13-25(14-12-24)20(22-4-2)23-16-21(26)10-15-27-17-21/h5-9,19,26H,3-4,10-17H2,1-2H3,(H,22,23). The second-order valence-corrected chi connectivity index (χ2v) is 8.66. The Morgan fingerprint density at radius 3 is 2.56 bits per heavy atom. The molecule has 0 bridgehead atoms. The number of aliphatic hydroxyl groups is 1. The molecule has 150 valence electrons. The van der Waals surface area contributed by atoms with Crippen LogP contribution < -0.4 is 5.32 Å². The van der Waals surface area contributed by atoms with E-state index in [2.05, 4.69) is 59.3 Å². The Bertz CT molecular complexity index is 595. The number of nitrogens with one attached hydrogen (secondary N) is 1. The highest BCUT2D eigenvalue weighted by Gasteiger charge is 2.32. The molecule has 5 nitrogen and oxygen atoms in total. The van der Waals surface area contributed by atoms with Gasteiger partial charge in [-0.15, -0.1) is 0 Å². The minimum atomic E-state index is -0.617. The quantitative estimate of drug-likeness (QED) is 0.578. The molecule has 2 aliphatic heterocycles. The molecule has 0 spiro atoms. The number of benzene rings is 1. The molecule has 1 aromatic carbocycles. The van der Waals surface area contributed by atoms with Crippen molar-refractivity contribution in [1.29, 1.82) is 0 Å². The number of hydrogen-bond donors (Lipinski definition) is 2. The summed E-state index contributed by atoms with van der Waals surface area (Å²) in [7, 11) is 0. The van der Waals surface area contributed by atoms with Gasteiger partial charge >= 0.3 is 0 Å². The van der Waals surface area contributed by atoms with Crippen molar-refractivity contribution in [3.63, 3.8) is 0 Å². The fourth-order valence-corrected chi connectivity index (χ4v) is 5.28. The molecule has 0 aliphatic carbocycles. The Hall–Kier alpha value is -1.24. The number of aliphatic imine (C=N–C) groups is 1. The van der Waals surface area contributed by atoms with Crippen LogP contribution in [0.1, 0.15) is 38.3 Å². The fourth-order valence-electron chi connectivity index (χ4n) is 3.99. The number of piperazine rings is 1. The van der Waals surface area contributed by atoms with E-state index in [1.165, 1.54) is 5.56 Å². The lowest BCUT2D eigenvalue weighted by atomic mass is 10.0. The van der Waals surface area contributed by atoms with E-state index in [0.29, 0.717) is 12.6 Å². The summed E-state index contributed by atoms with van der Waals surface area (Å²) >= 11 is 1.83. The van der Waals surface area contributed by atoms with Crippen molar-refractivity contribution >= 4 is 17.7 Å². The minimum Gasteiger partial charge on any atom is -0.387 e. The van der Waals surface area contributed by atoms with E-state index in [1.807, 2.05) is 11.8 Å². The summed E-state index contributed by atoms with van der Waals surface area (Å²) in [4.78, 5) is 9.73. The van der Waals surface area contributed by atoms with Gasteiger partial charge in [-0.2, -0.15) is 11.8 Å². The lowest BCUT2D eigenvalue weighted by Crippen LogP contribution is -2.53. The van der Waals surface area contributed by atoms with Gasteiger partial charge in [0.15, 0.2) is 5.96 Å². The summed E-state index contributed by atoms with van der Waals surface area (Å²) < 4.78 is 0. The SMILES string of the molecule is CCNC(=NCC1(O)CCSC1)N1CCN(C(CC)c2ccccc2)CC1. The summed E-state index contributed by atoms with van der Waals surface area (Å²) in [6.45, 7) is 9.77. The molecular weight excluding hydrogens is 356 g/mol. The van der Waals surface area contributed by atoms with Crippen LogP contribution in [0.5, 0.6) is 0 Å².